The van der Waals surface area contributed by atoms with Crippen molar-refractivity contribution in [3.05, 3.63) is 72.8 Å². The molecule has 2 aromatic heterocycles. The maximum absolute atomic E-state index is 4.77. The molecule has 0 aliphatic carbocycles. The van der Waals surface area contributed by atoms with Crippen molar-refractivity contribution >= 4 is 22.5 Å². The van der Waals surface area contributed by atoms with Gasteiger partial charge in [-0.25, -0.2) is 9.97 Å². The van der Waals surface area contributed by atoms with Crippen LogP contribution < -0.4 is 10.6 Å². The Morgan fingerprint density at radius 2 is 1.90 bits per heavy atom. The van der Waals surface area contributed by atoms with E-state index in [-0.39, 0.29) is 6.04 Å². The van der Waals surface area contributed by atoms with Gasteiger partial charge in [-0.15, -0.1) is 0 Å². The molecule has 2 N–H and O–H groups in total. The molecule has 0 saturated carbocycles. The van der Waals surface area contributed by atoms with Crippen LogP contribution in [0.15, 0.2) is 67.3 Å². The Morgan fingerprint density at radius 1 is 1.07 bits per heavy atom. The zero-order chi connectivity index (χ0) is 20.9. The smallest absolute Gasteiger partial charge is 0.159 e. The number of nitrogens with zero attached hydrogens (tertiary/aromatic N) is 5. The Kier molecular flexibility index (Phi) is 5.90. The molecule has 30 heavy (non-hydrogen) atoms. The summed E-state index contributed by atoms with van der Waals surface area (Å²) >= 11 is 0. The fraction of sp³-hybridized carbons (Fsp3) is 0.261. The zero-order valence-corrected chi connectivity index (χ0v) is 17.6. The molecule has 0 aliphatic rings. The average molecular weight is 402 g/mol. The molecule has 4 rings (SSSR count). The van der Waals surface area contributed by atoms with Crippen LogP contribution in [0.3, 0.4) is 0 Å². The summed E-state index contributed by atoms with van der Waals surface area (Å²) < 4.78 is 1.97. The standard InChI is InChI=1S/C23H27N7/c1-17(18-7-5-4-6-8-18)27-22-14-24-15-23(28-22)30-16-26-20-10-9-19(13-21(20)30)25-11-12-29(2)3/h4-10,13-17,25H,11-12H2,1-3H3,(H,27,28)/t17-/m0/s1. The number of rotatable bonds is 8. The summed E-state index contributed by atoms with van der Waals surface area (Å²) in [5, 5.41) is 6.90. The summed E-state index contributed by atoms with van der Waals surface area (Å²) in [6.45, 7) is 3.96. The molecule has 0 fully saturated rings. The van der Waals surface area contributed by atoms with Gasteiger partial charge in [-0.05, 0) is 44.8 Å². The van der Waals surface area contributed by atoms with Crippen molar-refractivity contribution in [3.8, 4) is 5.82 Å². The summed E-state index contributed by atoms with van der Waals surface area (Å²) in [4.78, 5) is 15.8. The third kappa shape index (κ3) is 4.58. The van der Waals surface area contributed by atoms with E-state index in [0.717, 1.165) is 41.4 Å². The van der Waals surface area contributed by atoms with Gasteiger partial charge in [-0.2, -0.15) is 0 Å². The van der Waals surface area contributed by atoms with E-state index < -0.39 is 0 Å². The van der Waals surface area contributed by atoms with E-state index in [0.29, 0.717) is 0 Å². The van der Waals surface area contributed by atoms with Gasteiger partial charge in [0.1, 0.15) is 12.1 Å². The van der Waals surface area contributed by atoms with Gasteiger partial charge in [0.15, 0.2) is 5.82 Å². The highest BCUT2D eigenvalue weighted by Crippen LogP contribution is 2.22. The Labute approximate surface area is 176 Å². The lowest BCUT2D eigenvalue weighted by atomic mass is 10.1. The van der Waals surface area contributed by atoms with E-state index in [1.54, 1.807) is 18.7 Å². The minimum Gasteiger partial charge on any atom is -0.384 e. The lowest BCUT2D eigenvalue weighted by molar-refractivity contribution is 0.425. The zero-order valence-electron chi connectivity index (χ0n) is 17.6. The lowest BCUT2D eigenvalue weighted by Gasteiger charge is -2.15. The summed E-state index contributed by atoms with van der Waals surface area (Å²) in [7, 11) is 4.14. The second kappa shape index (κ2) is 8.92. The molecule has 7 nitrogen and oxygen atoms in total. The summed E-state index contributed by atoms with van der Waals surface area (Å²) in [5.74, 6) is 1.46. The fourth-order valence-corrected chi connectivity index (χ4v) is 3.31. The predicted octanol–water partition coefficient (Wildman–Crippen LogP) is 3.96. The third-order valence-electron chi connectivity index (χ3n) is 4.97. The van der Waals surface area contributed by atoms with Gasteiger partial charge < -0.3 is 15.5 Å². The summed E-state index contributed by atoms with van der Waals surface area (Å²) in [5.41, 5.74) is 4.18. The van der Waals surface area contributed by atoms with Crippen LogP contribution in [-0.2, 0) is 0 Å². The van der Waals surface area contributed by atoms with Gasteiger partial charge in [-0.3, -0.25) is 9.55 Å². The van der Waals surface area contributed by atoms with E-state index in [2.05, 4.69) is 70.8 Å². The number of fused-ring (bicyclic) bond motifs is 1. The predicted molar refractivity (Wildman–Crippen MR) is 122 cm³/mol. The number of benzene rings is 2. The summed E-state index contributed by atoms with van der Waals surface area (Å²) in [6, 6.07) is 16.6. The molecule has 0 saturated heterocycles. The lowest BCUT2D eigenvalue weighted by Crippen LogP contribution is -2.20. The highest BCUT2D eigenvalue weighted by molar-refractivity contribution is 5.81. The number of imidazole rings is 1. The van der Waals surface area contributed by atoms with Crippen molar-refractivity contribution in [1.29, 1.82) is 0 Å². The number of nitrogens with one attached hydrogen (secondary N) is 2. The van der Waals surface area contributed by atoms with Crippen molar-refractivity contribution in [2.24, 2.45) is 0 Å². The van der Waals surface area contributed by atoms with Crippen molar-refractivity contribution in [2.75, 3.05) is 37.8 Å². The van der Waals surface area contributed by atoms with Crippen LogP contribution in [0, 0.1) is 0 Å². The molecule has 7 heteroatoms. The molecule has 4 aromatic rings. The molecule has 0 radical (unpaired) electrons. The van der Waals surface area contributed by atoms with Crippen LogP contribution in [0.4, 0.5) is 11.5 Å². The average Bonchev–Trinajstić information content (AvgIpc) is 3.17. The Balaban J connectivity index is 1.57. The van der Waals surface area contributed by atoms with Crippen molar-refractivity contribution < 1.29 is 0 Å². The second-order valence-electron chi connectivity index (χ2n) is 7.59. The van der Waals surface area contributed by atoms with Crippen molar-refractivity contribution in [1.82, 2.24) is 24.4 Å². The molecule has 1 atom stereocenters. The normalized spacial score (nSPS) is 12.3. The number of hydrogen-bond acceptors (Lipinski definition) is 6. The van der Waals surface area contributed by atoms with E-state index in [1.807, 2.05) is 28.8 Å². The quantitative estimate of drug-likeness (QED) is 0.466. The van der Waals surface area contributed by atoms with Crippen LogP contribution in [0.1, 0.15) is 18.5 Å². The molecular weight excluding hydrogens is 374 g/mol. The first-order valence-corrected chi connectivity index (χ1v) is 10.1. The maximum Gasteiger partial charge on any atom is 0.159 e. The highest BCUT2D eigenvalue weighted by Gasteiger charge is 2.10. The van der Waals surface area contributed by atoms with Crippen molar-refractivity contribution in [2.45, 2.75) is 13.0 Å². The number of hydrogen-bond donors (Lipinski definition) is 2. The van der Waals surface area contributed by atoms with E-state index in [9.17, 15) is 0 Å². The molecule has 154 valence electrons. The van der Waals surface area contributed by atoms with E-state index in [1.165, 1.54) is 5.56 Å². The Morgan fingerprint density at radius 3 is 2.70 bits per heavy atom. The van der Waals surface area contributed by atoms with Gasteiger partial charge in [0.2, 0.25) is 0 Å². The molecule has 0 spiro atoms. The van der Waals surface area contributed by atoms with E-state index >= 15 is 0 Å². The molecule has 0 amide bonds. The first kappa shape index (κ1) is 19.8. The molecule has 0 bridgehead atoms. The number of aromatic nitrogens is 4. The number of likely N-dealkylation sites (N-methyl/N-ethyl adjacent to an activating group) is 1. The third-order valence-corrected chi connectivity index (χ3v) is 4.97. The molecule has 0 unspecified atom stereocenters. The van der Waals surface area contributed by atoms with Gasteiger partial charge in [0.05, 0.1) is 23.4 Å². The Hall–Kier alpha value is -3.45. The van der Waals surface area contributed by atoms with Gasteiger partial charge >= 0.3 is 0 Å². The molecule has 2 heterocycles. The SMILES string of the molecule is C[C@H](Nc1cncc(-n2cnc3ccc(NCCN(C)C)cc32)n1)c1ccccc1. The first-order chi connectivity index (χ1) is 14.6. The van der Waals surface area contributed by atoms with Crippen LogP contribution >= 0.6 is 0 Å². The monoisotopic (exact) mass is 401 g/mol. The molecule has 0 aliphatic heterocycles. The van der Waals surface area contributed by atoms with Gasteiger partial charge in [-0.1, -0.05) is 30.3 Å². The van der Waals surface area contributed by atoms with Crippen molar-refractivity contribution in [3.63, 3.8) is 0 Å². The van der Waals surface area contributed by atoms with E-state index in [4.69, 9.17) is 4.98 Å². The van der Waals surface area contributed by atoms with Crippen LogP contribution in [-0.4, -0.2) is 51.6 Å². The van der Waals surface area contributed by atoms with Crippen LogP contribution in [0.2, 0.25) is 0 Å². The Bertz CT molecular complexity index is 1100. The highest BCUT2D eigenvalue weighted by atomic mass is 15.2. The minimum atomic E-state index is 0.128. The fourth-order valence-electron chi connectivity index (χ4n) is 3.31. The number of anilines is 2. The maximum atomic E-state index is 4.77. The second-order valence-corrected chi connectivity index (χ2v) is 7.59. The van der Waals surface area contributed by atoms with Crippen LogP contribution in [0.5, 0.6) is 0 Å². The largest absolute Gasteiger partial charge is 0.384 e. The minimum absolute atomic E-state index is 0.128. The van der Waals surface area contributed by atoms with Gasteiger partial charge in [0, 0.05) is 24.8 Å². The van der Waals surface area contributed by atoms with Gasteiger partial charge in [0.25, 0.3) is 0 Å². The topological polar surface area (TPSA) is 70.9 Å². The molecule has 2 aromatic carbocycles. The first-order valence-electron chi connectivity index (χ1n) is 10.1. The van der Waals surface area contributed by atoms with Crippen LogP contribution in [0.25, 0.3) is 16.9 Å². The summed E-state index contributed by atoms with van der Waals surface area (Å²) in [6.07, 6.45) is 5.30. The molecular formula is C23H27N7.